The smallest absolute Gasteiger partial charge is 0.231 e. The van der Waals surface area contributed by atoms with Gasteiger partial charge >= 0.3 is 0 Å². The number of benzene rings is 1. The molecule has 1 atom stereocenters. The van der Waals surface area contributed by atoms with Crippen molar-refractivity contribution in [3.63, 3.8) is 0 Å². The molecular weight excluding hydrogens is 354 g/mol. The lowest BCUT2D eigenvalue weighted by molar-refractivity contribution is -0.131. The van der Waals surface area contributed by atoms with E-state index in [1.54, 1.807) is 23.1 Å². The van der Waals surface area contributed by atoms with Crippen LogP contribution in [-0.4, -0.2) is 23.6 Å². The maximum Gasteiger partial charge on any atom is 0.231 e. The Labute approximate surface area is 135 Å². The second kappa shape index (κ2) is 5.92. The Kier molecular flexibility index (Phi) is 4.19. The van der Waals surface area contributed by atoms with Crippen LogP contribution in [0.15, 0.2) is 45.1 Å². The summed E-state index contributed by atoms with van der Waals surface area (Å²) >= 11 is 6.91. The van der Waals surface area contributed by atoms with Crippen LogP contribution in [0.2, 0.25) is 0 Å². The molecular formula is C15H14BrNOS2. The first-order valence-corrected chi connectivity index (χ1v) is 9.00. The van der Waals surface area contributed by atoms with Crippen LogP contribution in [0.25, 0.3) is 0 Å². The molecule has 5 heteroatoms. The summed E-state index contributed by atoms with van der Waals surface area (Å²) in [5, 5.41) is 2.05. The predicted molar refractivity (Wildman–Crippen MR) is 88.4 cm³/mol. The van der Waals surface area contributed by atoms with Crippen molar-refractivity contribution in [1.82, 2.24) is 4.90 Å². The standard InChI is InChI=1S/C15H14BrNOS2/c1-17(7-11-6-10(16)8-19-11)15(18)13-9-20-14-5-3-2-4-12(13)14/h2-6,8,13H,7,9H2,1H3. The number of carbonyl (C=O) groups excluding carboxylic acids is 1. The molecule has 0 spiro atoms. The molecule has 0 N–H and O–H groups in total. The average molecular weight is 368 g/mol. The minimum absolute atomic E-state index is 0.00426. The number of fused-ring (bicyclic) bond motifs is 1. The van der Waals surface area contributed by atoms with E-state index in [0.717, 1.165) is 10.2 Å². The average Bonchev–Trinajstić information content (AvgIpc) is 3.04. The molecule has 1 aliphatic heterocycles. The lowest BCUT2D eigenvalue weighted by atomic mass is 10.00. The highest BCUT2D eigenvalue weighted by Gasteiger charge is 2.30. The van der Waals surface area contributed by atoms with E-state index < -0.39 is 0 Å². The quantitative estimate of drug-likeness (QED) is 0.803. The molecule has 0 saturated heterocycles. The largest absolute Gasteiger partial charge is 0.340 e. The van der Waals surface area contributed by atoms with Gasteiger partial charge in [-0.05, 0) is 33.6 Å². The predicted octanol–water partition coefficient (Wildman–Crippen LogP) is 4.36. The molecule has 20 heavy (non-hydrogen) atoms. The third-order valence-corrected chi connectivity index (χ3v) is 6.25. The fraction of sp³-hybridized carbons (Fsp3) is 0.267. The van der Waals surface area contributed by atoms with E-state index in [4.69, 9.17) is 0 Å². The van der Waals surface area contributed by atoms with Gasteiger partial charge < -0.3 is 4.90 Å². The summed E-state index contributed by atoms with van der Waals surface area (Å²) in [6.07, 6.45) is 0. The Bertz CT molecular complexity index is 640. The fourth-order valence-electron chi connectivity index (χ4n) is 2.38. The van der Waals surface area contributed by atoms with E-state index in [9.17, 15) is 4.79 Å². The van der Waals surface area contributed by atoms with E-state index >= 15 is 0 Å². The topological polar surface area (TPSA) is 20.3 Å². The lowest BCUT2D eigenvalue weighted by Crippen LogP contribution is -2.31. The molecule has 1 aromatic carbocycles. The molecule has 1 amide bonds. The number of likely N-dealkylation sites (N-methyl/N-ethyl adjacent to an activating group) is 1. The molecule has 2 heterocycles. The monoisotopic (exact) mass is 367 g/mol. The lowest BCUT2D eigenvalue weighted by Gasteiger charge is -2.20. The molecule has 104 valence electrons. The van der Waals surface area contributed by atoms with E-state index in [1.165, 1.54) is 15.3 Å². The molecule has 2 nitrogen and oxygen atoms in total. The number of hydrogen-bond donors (Lipinski definition) is 0. The van der Waals surface area contributed by atoms with E-state index in [1.807, 2.05) is 29.5 Å². The Morgan fingerprint density at radius 2 is 2.25 bits per heavy atom. The summed E-state index contributed by atoms with van der Waals surface area (Å²) in [4.78, 5) is 16.9. The van der Waals surface area contributed by atoms with Gasteiger partial charge in [-0.25, -0.2) is 0 Å². The second-order valence-electron chi connectivity index (χ2n) is 4.83. The van der Waals surface area contributed by atoms with Gasteiger partial charge in [0.2, 0.25) is 5.91 Å². The van der Waals surface area contributed by atoms with Crippen molar-refractivity contribution in [3.8, 4) is 0 Å². The fourth-order valence-corrected chi connectivity index (χ4v) is 5.11. The molecule has 1 aliphatic rings. The van der Waals surface area contributed by atoms with Gasteiger partial charge in [-0.3, -0.25) is 4.79 Å². The molecule has 1 unspecified atom stereocenters. The SMILES string of the molecule is CN(Cc1cc(Br)cs1)C(=O)C1CSc2ccccc21. The molecule has 0 saturated carbocycles. The Morgan fingerprint density at radius 1 is 1.45 bits per heavy atom. The van der Waals surface area contributed by atoms with Gasteiger partial charge in [0, 0.05) is 32.4 Å². The number of carbonyl (C=O) groups is 1. The van der Waals surface area contributed by atoms with Crippen LogP contribution in [-0.2, 0) is 11.3 Å². The van der Waals surface area contributed by atoms with Gasteiger partial charge in [0.15, 0.2) is 0 Å². The second-order valence-corrected chi connectivity index (χ2v) is 7.80. The Balaban J connectivity index is 1.73. The van der Waals surface area contributed by atoms with Crippen LogP contribution in [0.4, 0.5) is 0 Å². The number of amides is 1. The first-order chi connectivity index (χ1) is 9.65. The highest BCUT2D eigenvalue weighted by Crippen LogP contribution is 2.40. The summed E-state index contributed by atoms with van der Waals surface area (Å²) in [7, 11) is 1.89. The summed E-state index contributed by atoms with van der Waals surface area (Å²) in [5.41, 5.74) is 1.18. The number of halogens is 1. The third kappa shape index (κ3) is 2.80. The number of thioether (sulfide) groups is 1. The highest BCUT2D eigenvalue weighted by molar-refractivity contribution is 9.10. The zero-order valence-electron chi connectivity index (χ0n) is 11.0. The van der Waals surface area contributed by atoms with Crippen molar-refractivity contribution < 1.29 is 4.79 Å². The summed E-state index contributed by atoms with van der Waals surface area (Å²) in [6, 6.07) is 10.3. The Hall–Kier alpha value is -0.780. The zero-order chi connectivity index (χ0) is 14.1. The summed E-state index contributed by atoms with van der Waals surface area (Å²) in [6.45, 7) is 0.679. The molecule has 3 rings (SSSR count). The number of nitrogens with zero attached hydrogens (tertiary/aromatic N) is 1. The molecule has 0 radical (unpaired) electrons. The molecule has 0 fully saturated rings. The van der Waals surface area contributed by atoms with Gasteiger partial charge in [-0.2, -0.15) is 0 Å². The molecule has 0 bridgehead atoms. The minimum Gasteiger partial charge on any atom is -0.340 e. The number of thiophene rings is 1. The summed E-state index contributed by atoms with van der Waals surface area (Å²) in [5.74, 6) is 1.08. The van der Waals surface area contributed by atoms with E-state index in [2.05, 4.69) is 34.1 Å². The first kappa shape index (κ1) is 14.2. The van der Waals surface area contributed by atoms with Crippen molar-refractivity contribution in [1.29, 1.82) is 0 Å². The Morgan fingerprint density at radius 3 is 3.00 bits per heavy atom. The van der Waals surface area contributed by atoms with Gasteiger partial charge in [0.25, 0.3) is 0 Å². The van der Waals surface area contributed by atoms with E-state index in [0.29, 0.717) is 6.54 Å². The van der Waals surface area contributed by atoms with Crippen LogP contribution < -0.4 is 0 Å². The van der Waals surface area contributed by atoms with Gasteiger partial charge in [0.05, 0.1) is 12.5 Å². The normalized spacial score (nSPS) is 17.0. The van der Waals surface area contributed by atoms with Gasteiger partial charge in [-0.1, -0.05) is 18.2 Å². The van der Waals surface area contributed by atoms with Crippen molar-refractivity contribution in [3.05, 3.63) is 50.6 Å². The minimum atomic E-state index is 0.00426. The van der Waals surface area contributed by atoms with E-state index in [-0.39, 0.29) is 11.8 Å². The van der Waals surface area contributed by atoms with Gasteiger partial charge in [0.1, 0.15) is 0 Å². The maximum absolute atomic E-state index is 12.6. The van der Waals surface area contributed by atoms with Crippen LogP contribution in [0.3, 0.4) is 0 Å². The molecule has 2 aromatic rings. The number of hydrogen-bond acceptors (Lipinski definition) is 3. The summed E-state index contributed by atoms with van der Waals surface area (Å²) < 4.78 is 1.08. The first-order valence-electron chi connectivity index (χ1n) is 6.35. The van der Waals surface area contributed by atoms with Crippen molar-refractivity contribution in [2.45, 2.75) is 17.4 Å². The number of rotatable bonds is 3. The van der Waals surface area contributed by atoms with Crippen molar-refractivity contribution in [2.75, 3.05) is 12.8 Å². The van der Waals surface area contributed by atoms with Gasteiger partial charge in [-0.15, -0.1) is 23.1 Å². The van der Waals surface area contributed by atoms with Crippen LogP contribution in [0, 0.1) is 0 Å². The van der Waals surface area contributed by atoms with Crippen LogP contribution >= 0.6 is 39.0 Å². The molecule has 0 aliphatic carbocycles. The highest BCUT2D eigenvalue weighted by atomic mass is 79.9. The van der Waals surface area contributed by atoms with Crippen molar-refractivity contribution in [2.24, 2.45) is 0 Å². The maximum atomic E-state index is 12.6. The molecule has 1 aromatic heterocycles. The van der Waals surface area contributed by atoms with Crippen LogP contribution in [0.1, 0.15) is 16.4 Å². The third-order valence-electron chi connectivity index (χ3n) is 3.39. The van der Waals surface area contributed by atoms with Crippen molar-refractivity contribution >= 4 is 44.9 Å². The van der Waals surface area contributed by atoms with Crippen LogP contribution in [0.5, 0.6) is 0 Å². The zero-order valence-corrected chi connectivity index (χ0v) is 14.2.